The molecule has 2 aromatic heterocycles. The summed E-state index contributed by atoms with van der Waals surface area (Å²) in [6.07, 6.45) is 2.86. The summed E-state index contributed by atoms with van der Waals surface area (Å²) in [7, 11) is 0. The first-order valence-corrected chi connectivity index (χ1v) is 8.36. The van der Waals surface area contributed by atoms with Gasteiger partial charge in [-0.25, -0.2) is 4.98 Å². The fourth-order valence-corrected chi connectivity index (χ4v) is 2.91. The average Bonchev–Trinajstić information content (AvgIpc) is 2.90. The molecule has 0 saturated heterocycles. The monoisotopic (exact) mass is 322 g/mol. The first-order chi connectivity index (χ1) is 11.1. The molecule has 3 N–H and O–H groups in total. The molecule has 0 atom stereocenters. The molecule has 0 saturated carbocycles. The molecule has 0 radical (unpaired) electrons. The molecule has 24 heavy (non-hydrogen) atoms. The van der Waals surface area contributed by atoms with E-state index in [1.54, 1.807) is 0 Å². The Morgan fingerprint density at radius 2 is 1.79 bits per heavy atom. The van der Waals surface area contributed by atoms with Crippen molar-refractivity contribution in [3.8, 4) is 0 Å². The lowest BCUT2D eigenvalue weighted by Crippen LogP contribution is -2.22. The minimum absolute atomic E-state index is 0.0761. The van der Waals surface area contributed by atoms with E-state index in [1.165, 1.54) is 5.56 Å². The van der Waals surface area contributed by atoms with Gasteiger partial charge in [0.25, 0.3) is 0 Å². The standard InChI is InChI=1S/C20H26N4/c1-19(2,3)17-9-6-13(12-22-17)11-20(4,5)18-23-15-8-7-14(21)10-16(15)24-18/h6-10,12H,11,21H2,1-5H3,(H,23,24). The van der Waals surface area contributed by atoms with Crippen LogP contribution in [0, 0.1) is 0 Å². The number of aromatic amines is 1. The molecule has 1 aromatic carbocycles. The van der Waals surface area contributed by atoms with Crippen molar-refractivity contribution >= 4 is 16.7 Å². The van der Waals surface area contributed by atoms with Crippen LogP contribution in [-0.2, 0) is 17.3 Å². The van der Waals surface area contributed by atoms with Crippen LogP contribution in [-0.4, -0.2) is 15.0 Å². The van der Waals surface area contributed by atoms with Crippen LogP contribution in [0.3, 0.4) is 0 Å². The highest BCUT2D eigenvalue weighted by molar-refractivity contribution is 5.78. The lowest BCUT2D eigenvalue weighted by Gasteiger charge is -2.23. The first kappa shape index (κ1) is 16.5. The second kappa shape index (κ2) is 5.62. The SMILES string of the molecule is CC(C)(C)c1ccc(CC(C)(C)c2nc3cc(N)ccc3[nH]2)cn1. The van der Waals surface area contributed by atoms with Gasteiger partial charge in [0, 0.05) is 28.4 Å². The van der Waals surface area contributed by atoms with Gasteiger partial charge in [-0.3, -0.25) is 4.98 Å². The number of pyridine rings is 1. The van der Waals surface area contributed by atoms with Gasteiger partial charge in [-0.15, -0.1) is 0 Å². The number of nitrogens with zero attached hydrogens (tertiary/aromatic N) is 2. The summed E-state index contributed by atoms with van der Waals surface area (Å²) < 4.78 is 0. The van der Waals surface area contributed by atoms with Gasteiger partial charge in [0.2, 0.25) is 0 Å². The lowest BCUT2D eigenvalue weighted by atomic mass is 9.85. The van der Waals surface area contributed by atoms with Gasteiger partial charge >= 0.3 is 0 Å². The normalized spacial score (nSPS) is 12.7. The summed E-state index contributed by atoms with van der Waals surface area (Å²) in [5, 5.41) is 0. The van der Waals surface area contributed by atoms with Gasteiger partial charge in [-0.1, -0.05) is 40.7 Å². The quantitative estimate of drug-likeness (QED) is 0.704. The molecule has 3 rings (SSSR count). The zero-order chi connectivity index (χ0) is 17.5. The predicted octanol–water partition coefficient (Wildman–Crippen LogP) is 4.36. The number of imidazole rings is 1. The van der Waals surface area contributed by atoms with Crippen LogP contribution in [0.2, 0.25) is 0 Å². The number of rotatable bonds is 3. The molecule has 0 aliphatic heterocycles. The molecule has 0 unspecified atom stereocenters. The number of nitrogens with one attached hydrogen (secondary N) is 1. The largest absolute Gasteiger partial charge is 0.399 e. The van der Waals surface area contributed by atoms with E-state index >= 15 is 0 Å². The summed E-state index contributed by atoms with van der Waals surface area (Å²) in [4.78, 5) is 12.8. The Labute approximate surface area is 143 Å². The molecule has 4 nitrogen and oxygen atoms in total. The fourth-order valence-electron chi connectivity index (χ4n) is 2.91. The summed E-state index contributed by atoms with van der Waals surface area (Å²) in [5.41, 5.74) is 10.8. The van der Waals surface area contributed by atoms with Crippen molar-refractivity contribution in [3.63, 3.8) is 0 Å². The Hall–Kier alpha value is -2.36. The number of nitrogens with two attached hydrogens (primary N) is 1. The fraction of sp³-hybridized carbons (Fsp3) is 0.400. The molecule has 126 valence electrons. The molecule has 0 aliphatic rings. The van der Waals surface area contributed by atoms with Crippen molar-refractivity contribution in [2.75, 3.05) is 5.73 Å². The number of anilines is 1. The van der Waals surface area contributed by atoms with Crippen LogP contribution in [0.1, 0.15) is 51.7 Å². The van der Waals surface area contributed by atoms with Gasteiger partial charge in [0.15, 0.2) is 0 Å². The number of nitrogen functional groups attached to an aromatic ring is 1. The van der Waals surface area contributed by atoms with Crippen molar-refractivity contribution in [3.05, 3.63) is 53.6 Å². The van der Waals surface area contributed by atoms with Crippen LogP contribution in [0.15, 0.2) is 36.5 Å². The Morgan fingerprint density at radius 3 is 2.42 bits per heavy atom. The minimum atomic E-state index is -0.112. The van der Waals surface area contributed by atoms with E-state index in [2.05, 4.69) is 56.7 Å². The molecule has 2 heterocycles. The van der Waals surface area contributed by atoms with E-state index < -0.39 is 0 Å². The van der Waals surface area contributed by atoms with Crippen LogP contribution in [0.5, 0.6) is 0 Å². The lowest BCUT2D eigenvalue weighted by molar-refractivity contribution is 0.492. The van der Waals surface area contributed by atoms with Gasteiger partial charge < -0.3 is 10.7 Å². The van der Waals surface area contributed by atoms with E-state index in [-0.39, 0.29) is 10.8 Å². The molecular weight excluding hydrogens is 296 g/mol. The van der Waals surface area contributed by atoms with E-state index in [0.29, 0.717) is 0 Å². The van der Waals surface area contributed by atoms with Crippen molar-refractivity contribution in [2.45, 2.75) is 51.9 Å². The van der Waals surface area contributed by atoms with Crippen molar-refractivity contribution < 1.29 is 0 Å². The summed E-state index contributed by atoms with van der Waals surface area (Å²) in [6.45, 7) is 10.9. The number of hydrogen-bond acceptors (Lipinski definition) is 3. The highest BCUT2D eigenvalue weighted by atomic mass is 14.9. The van der Waals surface area contributed by atoms with Crippen LogP contribution in [0.4, 0.5) is 5.69 Å². The Kier molecular flexibility index (Phi) is 3.86. The minimum Gasteiger partial charge on any atom is -0.399 e. The first-order valence-electron chi connectivity index (χ1n) is 8.36. The second-order valence-corrected chi connectivity index (χ2v) is 8.22. The Balaban J connectivity index is 1.86. The highest BCUT2D eigenvalue weighted by Gasteiger charge is 2.25. The van der Waals surface area contributed by atoms with Gasteiger partial charge in [0.1, 0.15) is 5.82 Å². The predicted molar refractivity (Wildman–Crippen MR) is 100 cm³/mol. The average molecular weight is 322 g/mol. The maximum absolute atomic E-state index is 5.85. The van der Waals surface area contributed by atoms with E-state index in [0.717, 1.165) is 34.7 Å². The Bertz CT molecular complexity index is 851. The van der Waals surface area contributed by atoms with Crippen LogP contribution >= 0.6 is 0 Å². The van der Waals surface area contributed by atoms with Gasteiger partial charge in [-0.05, 0) is 36.2 Å². The van der Waals surface area contributed by atoms with Gasteiger partial charge in [0.05, 0.1) is 11.0 Å². The molecule has 3 aromatic rings. The van der Waals surface area contributed by atoms with Crippen molar-refractivity contribution in [1.82, 2.24) is 15.0 Å². The number of fused-ring (bicyclic) bond motifs is 1. The molecular formula is C20H26N4. The zero-order valence-electron chi connectivity index (χ0n) is 15.1. The summed E-state index contributed by atoms with van der Waals surface area (Å²) in [5.74, 6) is 0.975. The second-order valence-electron chi connectivity index (χ2n) is 8.22. The summed E-state index contributed by atoms with van der Waals surface area (Å²) in [6, 6.07) is 10.1. The van der Waals surface area contributed by atoms with Crippen molar-refractivity contribution in [1.29, 1.82) is 0 Å². The molecule has 0 amide bonds. The van der Waals surface area contributed by atoms with E-state index in [9.17, 15) is 0 Å². The molecule has 0 bridgehead atoms. The number of H-pyrrole nitrogens is 1. The molecule has 4 heteroatoms. The summed E-state index contributed by atoms with van der Waals surface area (Å²) >= 11 is 0. The topological polar surface area (TPSA) is 67.6 Å². The Morgan fingerprint density at radius 1 is 1.04 bits per heavy atom. The van der Waals surface area contributed by atoms with Crippen molar-refractivity contribution in [2.24, 2.45) is 0 Å². The third kappa shape index (κ3) is 3.28. The third-order valence-corrected chi connectivity index (χ3v) is 4.39. The maximum Gasteiger partial charge on any atom is 0.113 e. The number of benzene rings is 1. The third-order valence-electron chi connectivity index (χ3n) is 4.39. The van der Waals surface area contributed by atoms with E-state index in [1.807, 2.05) is 24.4 Å². The van der Waals surface area contributed by atoms with Crippen LogP contribution in [0.25, 0.3) is 11.0 Å². The molecule has 0 aliphatic carbocycles. The van der Waals surface area contributed by atoms with E-state index in [4.69, 9.17) is 10.7 Å². The zero-order valence-corrected chi connectivity index (χ0v) is 15.1. The smallest absolute Gasteiger partial charge is 0.113 e. The number of aromatic nitrogens is 3. The van der Waals surface area contributed by atoms with Crippen LogP contribution < -0.4 is 5.73 Å². The number of hydrogen-bond donors (Lipinski definition) is 2. The molecule has 0 fully saturated rings. The maximum atomic E-state index is 5.85. The highest BCUT2D eigenvalue weighted by Crippen LogP contribution is 2.28. The molecule has 0 spiro atoms. The van der Waals surface area contributed by atoms with Gasteiger partial charge in [-0.2, -0.15) is 0 Å².